The molecule has 0 aliphatic carbocycles. The van der Waals surface area contributed by atoms with Gasteiger partial charge in [-0.15, -0.1) is 11.3 Å². The van der Waals surface area contributed by atoms with E-state index in [1.807, 2.05) is 0 Å². The lowest BCUT2D eigenvalue weighted by Gasteiger charge is -2.03. The summed E-state index contributed by atoms with van der Waals surface area (Å²) in [6.45, 7) is 0.358. The first-order valence-corrected chi connectivity index (χ1v) is 6.03. The molecule has 1 heterocycles. The number of thiazole rings is 1. The van der Waals surface area contributed by atoms with Crippen LogP contribution in [0.5, 0.6) is 0 Å². The van der Waals surface area contributed by atoms with Crippen molar-refractivity contribution in [1.29, 1.82) is 0 Å². The lowest BCUT2D eigenvalue weighted by atomic mass is 10.1. The van der Waals surface area contributed by atoms with Crippen molar-refractivity contribution >= 4 is 23.2 Å². The molecule has 6 heteroatoms. The Kier molecular flexibility index (Phi) is 3.69. The van der Waals surface area contributed by atoms with Crippen LogP contribution >= 0.6 is 11.3 Å². The van der Waals surface area contributed by atoms with E-state index in [4.69, 9.17) is 5.11 Å². The Hall–Kier alpha value is -2.21. The summed E-state index contributed by atoms with van der Waals surface area (Å²) in [4.78, 5) is 26.7. The molecule has 0 bridgehead atoms. The molecule has 0 spiro atoms. The number of carboxylic acid groups (broad SMARTS) is 1. The van der Waals surface area contributed by atoms with E-state index < -0.39 is 5.97 Å². The van der Waals surface area contributed by atoms with Crippen molar-refractivity contribution < 1.29 is 14.7 Å². The molecule has 0 fully saturated rings. The number of amides is 1. The van der Waals surface area contributed by atoms with Gasteiger partial charge >= 0.3 is 5.97 Å². The van der Waals surface area contributed by atoms with Crippen LogP contribution in [0.2, 0.25) is 0 Å². The molecule has 0 radical (unpaired) electrons. The van der Waals surface area contributed by atoms with Crippen molar-refractivity contribution in [2.24, 2.45) is 0 Å². The van der Waals surface area contributed by atoms with E-state index >= 15 is 0 Å². The summed E-state index contributed by atoms with van der Waals surface area (Å²) >= 11 is 1.27. The van der Waals surface area contributed by atoms with Gasteiger partial charge in [-0.05, 0) is 17.7 Å². The number of aromatic nitrogens is 1. The first-order chi connectivity index (χ1) is 8.66. The smallest absolute Gasteiger partial charge is 0.335 e. The number of carboxylic acids is 1. The van der Waals surface area contributed by atoms with E-state index in [2.05, 4.69) is 10.3 Å². The quantitative estimate of drug-likeness (QED) is 0.880. The maximum Gasteiger partial charge on any atom is 0.335 e. The number of rotatable bonds is 4. The third kappa shape index (κ3) is 2.92. The van der Waals surface area contributed by atoms with Gasteiger partial charge < -0.3 is 10.4 Å². The third-order valence-electron chi connectivity index (χ3n) is 2.31. The first kappa shape index (κ1) is 12.3. The fourth-order valence-electron chi connectivity index (χ4n) is 1.36. The lowest BCUT2D eigenvalue weighted by Crippen LogP contribution is -2.21. The Balaban J connectivity index is 1.94. The van der Waals surface area contributed by atoms with Crippen LogP contribution in [0.3, 0.4) is 0 Å². The van der Waals surface area contributed by atoms with Crippen molar-refractivity contribution in [2.45, 2.75) is 6.54 Å². The van der Waals surface area contributed by atoms with E-state index in [0.29, 0.717) is 11.4 Å². The molecular weight excluding hydrogens is 252 g/mol. The molecule has 2 rings (SSSR count). The summed E-state index contributed by atoms with van der Waals surface area (Å²) in [6, 6.07) is 6.37. The number of benzene rings is 1. The normalized spacial score (nSPS) is 10.0. The number of nitrogens with one attached hydrogen (secondary N) is 1. The number of carbonyl (C=O) groups excluding carboxylic acids is 1. The monoisotopic (exact) mass is 262 g/mol. The Labute approximate surface area is 107 Å². The van der Waals surface area contributed by atoms with Crippen molar-refractivity contribution in [1.82, 2.24) is 10.3 Å². The Morgan fingerprint density at radius 2 is 2.00 bits per heavy atom. The summed E-state index contributed by atoms with van der Waals surface area (Å²) in [5.74, 6) is -1.14. The molecule has 1 aromatic heterocycles. The Bertz CT molecular complexity index is 549. The molecule has 0 atom stereocenters. The molecule has 0 aliphatic rings. The number of aromatic carboxylic acids is 1. The van der Waals surface area contributed by atoms with E-state index in [0.717, 1.165) is 5.56 Å². The topological polar surface area (TPSA) is 79.3 Å². The van der Waals surface area contributed by atoms with Crippen LogP contribution in [0.15, 0.2) is 36.0 Å². The summed E-state index contributed by atoms with van der Waals surface area (Å²) in [5, 5.41) is 11.5. The Morgan fingerprint density at radius 3 is 2.56 bits per heavy atom. The minimum atomic E-state index is -0.963. The lowest BCUT2D eigenvalue weighted by molar-refractivity contribution is 0.0696. The van der Waals surface area contributed by atoms with Gasteiger partial charge in [0.15, 0.2) is 0 Å². The van der Waals surface area contributed by atoms with Crippen LogP contribution in [0.25, 0.3) is 0 Å². The van der Waals surface area contributed by atoms with Gasteiger partial charge in [0, 0.05) is 6.54 Å². The summed E-state index contributed by atoms with van der Waals surface area (Å²) in [6.07, 6.45) is 1.51. The van der Waals surface area contributed by atoms with Gasteiger partial charge in [-0.3, -0.25) is 9.78 Å². The van der Waals surface area contributed by atoms with Crippen molar-refractivity contribution in [2.75, 3.05) is 0 Å². The van der Waals surface area contributed by atoms with Gasteiger partial charge in [-0.2, -0.15) is 0 Å². The highest BCUT2D eigenvalue weighted by Gasteiger charge is 2.07. The van der Waals surface area contributed by atoms with Crippen molar-refractivity contribution in [3.63, 3.8) is 0 Å². The zero-order chi connectivity index (χ0) is 13.0. The zero-order valence-electron chi connectivity index (χ0n) is 9.29. The summed E-state index contributed by atoms with van der Waals surface area (Å²) in [7, 11) is 0. The van der Waals surface area contributed by atoms with Gasteiger partial charge in [0.2, 0.25) is 0 Å². The van der Waals surface area contributed by atoms with Gasteiger partial charge in [0.25, 0.3) is 5.91 Å². The second-order valence-electron chi connectivity index (χ2n) is 3.55. The minimum absolute atomic E-state index is 0.181. The van der Waals surface area contributed by atoms with Crippen LogP contribution in [-0.2, 0) is 6.54 Å². The molecule has 1 amide bonds. The van der Waals surface area contributed by atoms with Gasteiger partial charge in [0.05, 0.1) is 17.3 Å². The maximum atomic E-state index is 11.6. The van der Waals surface area contributed by atoms with Crippen LogP contribution in [0.1, 0.15) is 25.6 Å². The first-order valence-electron chi connectivity index (χ1n) is 5.16. The average molecular weight is 262 g/mol. The number of nitrogens with zero attached hydrogens (tertiary/aromatic N) is 1. The predicted octanol–water partition coefficient (Wildman–Crippen LogP) is 1.77. The number of hydrogen-bond donors (Lipinski definition) is 2. The van der Waals surface area contributed by atoms with Gasteiger partial charge in [-0.1, -0.05) is 12.1 Å². The largest absolute Gasteiger partial charge is 0.478 e. The molecule has 1 aromatic carbocycles. The molecule has 0 saturated heterocycles. The second kappa shape index (κ2) is 5.42. The molecule has 5 nitrogen and oxygen atoms in total. The standard InChI is InChI=1S/C12H10N2O3S/c15-11(10-6-13-7-18-10)14-5-8-1-3-9(4-2-8)12(16)17/h1-4,6-7H,5H2,(H,14,15)(H,16,17). The fourth-order valence-corrected chi connectivity index (χ4v) is 1.90. The van der Waals surface area contributed by atoms with Gasteiger partial charge in [0.1, 0.15) is 4.88 Å². The molecule has 2 aromatic rings. The molecule has 0 aliphatic heterocycles. The molecular formula is C12H10N2O3S. The van der Waals surface area contributed by atoms with Crippen LogP contribution in [0, 0.1) is 0 Å². The molecule has 18 heavy (non-hydrogen) atoms. The second-order valence-corrected chi connectivity index (χ2v) is 4.44. The van der Waals surface area contributed by atoms with E-state index in [9.17, 15) is 9.59 Å². The highest BCUT2D eigenvalue weighted by atomic mass is 32.1. The van der Waals surface area contributed by atoms with E-state index in [-0.39, 0.29) is 11.5 Å². The average Bonchev–Trinajstić information content (AvgIpc) is 2.90. The van der Waals surface area contributed by atoms with Gasteiger partial charge in [-0.25, -0.2) is 4.79 Å². The maximum absolute atomic E-state index is 11.6. The SMILES string of the molecule is O=C(O)c1ccc(CNC(=O)c2cncs2)cc1. The fraction of sp³-hybridized carbons (Fsp3) is 0.0833. The van der Waals surface area contributed by atoms with Crippen molar-refractivity contribution in [3.05, 3.63) is 52.0 Å². The Morgan fingerprint density at radius 1 is 1.28 bits per heavy atom. The number of hydrogen-bond acceptors (Lipinski definition) is 4. The molecule has 92 valence electrons. The molecule has 2 N–H and O–H groups in total. The molecule has 0 saturated carbocycles. The van der Waals surface area contributed by atoms with Crippen molar-refractivity contribution in [3.8, 4) is 0 Å². The minimum Gasteiger partial charge on any atom is -0.478 e. The zero-order valence-corrected chi connectivity index (χ0v) is 10.1. The van der Waals surface area contributed by atoms with E-state index in [1.165, 1.54) is 29.7 Å². The van der Waals surface area contributed by atoms with Crippen LogP contribution in [0.4, 0.5) is 0 Å². The predicted molar refractivity (Wildman–Crippen MR) is 66.7 cm³/mol. The summed E-state index contributed by atoms with van der Waals surface area (Å²) < 4.78 is 0. The highest BCUT2D eigenvalue weighted by Crippen LogP contribution is 2.07. The van der Waals surface area contributed by atoms with Crippen LogP contribution < -0.4 is 5.32 Å². The summed E-state index contributed by atoms with van der Waals surface area (Å²) in [5.41, 5.74) is 2.67. The number of carbonyl (C=O) groups is 2. The van der Waals surface area contributed by atoms with Crippen LogP contribution in [-0.4, -0.2) is 22.0 Å². The third-order valence-corrected chi connectivity index (χ3v) is 3.08. The highest BCUT2D eigenvalue weighted by molar-refractivity contribution is 7.11. The van der Waals surface area contributed by atoms with E-state index in [1.54, 1.807) is 17.6 Å². The molecule has 0 unspecified atom stereocenters.